The fraction of sp³-hybridized carbons (Fsp3) is 0.381. The first kappa shape index (κ1) is 18.9. The van der Waals surface area contributed by atoms with Crippen LogP contribution >= 0.6 is 0 Å². The fourth-order valence-corrected chi connectivity index (χ4v) is 3.30. The lowest BCUT2D eigenvalue weighted by Gasteiger charge is -2.38. The minimum atomic E-state index is -0.810. The molecule has 3 rings (SSSR count). The van der Waals surface area contributed by atoms with Gasteiger partial charge in [-0.3, -0.25) is 0 Å². The second-order valence-electron chi connectivity index (χ2n) is 7.14. The van der Waals surface area contributed by atoms with Gasteiger partial charge in [0.05, 0.1) is 20.3 Å². The number of hydrogen-bond acceptors (Lipinski definition) is 5. The van der Waals surface area contributed by atoms with E-state index >= 15 is 0 Å². The van der Waals surface area contributed by atoms with Gasteiger partial charge in [0.15, 0.2) is 0 Å². The first-order valence-electron chi connectivity index (χ1n) is 8.89. The molecule has 1 amide bonds. The summed E-state index contributed by atoms with van der Waals surface area (Å²) in [5.74, 6) is 2.13. The van der Waals surface area contributed by atoms with Gasteiger partial charge < -0.3 is 24.7 Å². The van der Waals surface area contributed by atoms with Crippen molar-refractivity contribution in [2.24, 2.45) is 11.1 Å². The monoisotopic (exact) mass is 371 g/mol. The average molecular weight is 371 g/mol. The zero-order valence-corrected chi connectivity index (χ0v) is 16.1. The van der Waals surface area contributed by atoms with Crippen LogP contribution in [0.2, 0.25) is 0 Å². The highest BCUT2D eigenvalue weighted by atomic mass is 16.6. The molecule has 0 radical (unpaired) electrons. The van der Waals surface area contributed by atoms with Crippen molar-refractivity contribution in [3.05, 3.63) is 42.0 Å². The van der Waals surface area contributed by atoms with Crippen LogP contribution in [0.5, 0.6) is 17.2 Å². The van der Waals surface area contributed by atoms with Crippen LogP contribution in [0.4, 0.5) is 4.79 Å². The lowest BCUT2D eigenvalue weighted by molar-refractivity contribution is -0.0177. The number of primary amides is 1. The molecule has 1 unspecified atom stereocenters. The second kappa shape index (κ2) is 7.39. The molecule has 0 aliphatic carbocycles. The maximum absolute atomic E-state index is 11.4. The van der Waals surface area contributed by atoms with E-state index < -0.39 is 17.6 Å². The minimum absolute atomic E-state index is 0.409. The maximum Gasteiger partial charge on any atom is 0.405 e. The number of carbonyl (C=O) groups is 1. The first-order chi connectivity index (χ1) is 12.9. The number of rotatable bonds is 5. The molecule has 1 aliphatic rings. The normalized spacial score (nSPS) is 17.4. The summed E-state index contributed by atoms with van der Waals surface area (Å²) < 4.78 is 22.5. The van der Waals surface area contributed by atoms with Crippen LogP contribution in [0.15, 0.2) is 36.4 Å². The quantitative estimate of drug-likeness (QED) is 0.847. The first-order valence-corrected chi connectivity index (χ1v) is 8.89. The molecule has 0 saturated carbocycles. The van der Waals surface area contributed by atoms with E-state index in [4.69, 9.17) is 24.7 Å². The molecule has 0 spiro atoms. The summed E-state index contributed by atoms with van der Waals surface area (Å²) in [7, 11) is 1.61. The van der Waals surface area contributed by atoms with E-state index in [1.54, 1.807) is 7.11 Å². The van der Waals surface area contributed by atoms with Crippen molar-refractivity contribution in [2.75, 3.05) is 20.3 Å². The highest BCUT2D eigenvalue weighted by Gasteiger charge is 2.41. The SMILES string of the molecule is CCOc1ccc(-c2cc3c(cc2OC)C(OC(N)=O)C(C)(C)CO3)cc1. The van der Waals surface area contributed by atoms with E-state index in [9.17, 15) is 4.79 Å². The topological polar surface area (TPSA) is 80.0 Å². The molecule has 6 heteroatoms. The predicted molar refractivity (Wildman–Crippen MR) is 102 cm³/mol. The number of hydrogen-bond donors (Lipinski definition) is 1. The number of amides is 1. The number of ether oxygens (including phenoxy) is 4. The van der Waals surface area contributed by atoms with E-state index in [1.807, 2.05) is 57.2 Å². The Labute approximate surface area is 159 Å². The summed E-state index contributed by atoms with van der Waals surface area (Å²) in [6.45, 7) is 6.91. The zero-order valence-electron chi connectivity index (χ0n) is 16.1. The molecular weight excluding hydrogens is 346 g/mol. The predicted octanol–water partition coefficient (Wildman–Crippen LogP) is 4.32. The molecular formula is C21H25NO5. The van der Waals surface area contributed by atoms with Crippen molar-refractivity contribution < 1.29 is 23.7 Å². The summed E-state index contributed by atoms with van der Waals surface area (Å²) in [6.07, 6.45) is -1.32. The lowest BCUT2D eigenvalue weighted by Crippen LogP contribution is -2.37. The Kier molecular flexibility index (Phi) is 5.17. The van der Waals surface area contributed by atoms with Gasteiger partial charge in [0.1, 0.15) is 23.4 Å². The lowest BCUT2D eigenvalue weighted by atomic mass is 9.80. The van der Waals surface area contributed by atoms with Crippen molar-refractivity contribution in [3.8, 4) is 28.4 Å². The summed E-state index contributed by atoms with van der Waals surface area (Å²) in [6, 6.07) is 11.5. The Hall–Kier alpha value is -2.89. The molecule has 1 heterocycles. The van der Waals surface area contributed by atoms with Crippen LogP contribution in [0.3, 0.4) is 0 Å². The molecule has 27 heavy (non-hydrogen) atoms. The second-order valence-corrected chi connectivity index (χ2v) is 7.14. The average Bonchev–Trinajstić information content (AvgIpc) is 2.64. The van der Waals surface area contributed by atoms with E-state index in [0.717, 1.165) is 22.4 Å². The smallest absolute Gasteiger partial charge is 0.405 e. The van der Waals surface area contributed by atoms with Crippen molar-refractivity contribution >= 4 is 6.09 Å². The molecule has 2 aromatic carbocycles. The number of fused-ring (bicyclic) bond motifs is 1. The van der Waals surface area contributed by atoms with Crippen molar-refractivity contribution in [1.29, 1.82) is 0 Å². The van der Waals surface area contributed by atoms with Crippen molar-refractivity contribution in [2.45, 2.75) is 26.9 Å². The van der Waals surface area contributed by atoms with Gasteiger partial charge in [0, 0.05) is 16.5 Å². The third-order valence-corrected chi connectivity index (χ3v) is 4.63. The van der Waals surface area contributed by atoms with Crippen LogP contribution in [-0.4, -0.2) is 26.4 Å². The molecule has 1 atom stereocenters. The number of nitrogens with two attached hydrogens (primary N) is 1. The van der Waals surface area contributed by atoms with Crippen LogP contribution in [0.1, 0.15) is 32.4 Å². The number of carbonyl (C=O) groups excluding carboxylic acids is 1. The molecule has 0 saturated heterocycles. The van der Waals surface area contributed by atoms with Gasteiger partial charge in [-0.25, -0.2) is 4.79 Å². The van der Waals surface area contributed by atoms with Gasteiger partial charge in [0.2, 0.25) is 0 Å². The summed E-state index contributed by atoms with van der Waals surface area (Å²) in [4.78, 5) is 11.4. The van der Waals surface area contributed by atoms with Gasteiger partial charge in [-0.15, -0.1) is 0 Å². The molecule has 1 aliphatic heterocycles. The summed E-state index contributed by atoms with van der Waals surface area (Å²) in [5.41, 5.74) is 7.48. The van der Waals surface area contributed by atoms with Gasteiger partial charge >= 0.3 is 6.09 Å². The highest BCUT2D eigenvalue weighted by molar-refractivity contribution is 5.74. The Morgan fingerprint density at radius 1 is 1.26 bits per heavy atom. The van der Waals surface area contributed by atoms with E-state index in [0.29, 0.717) is 24.7 Å². The van der Waals surface area contributed by atoms with E-state index in [1.165, 1.54) is 0 Å². The van der Waals surface area contributed by atoms with Gasteiger partial charge in [0.25, 0.3) is 0 Å². The van der Waals surface area contributed by atoms with E-state index in [2.05, 4.69) is 0 Å². The van der Waals surface area contributed by atoms with Crippen molar-refractivity contribution in [1.82, 2.24) is 0 Å². The fourth-order valence-electron chi connectivity index (χ4n) is 3.30. The molecule has 6 nitrogen and oxygen atoms in total. The minimum Gasteiger partial charge on any atom is -0.496 e. The Balaban J connectivity index is 2.05. The molecule has 0 fully saturated rings. The Bertz CT molecular complexity index is 829. The van der Waals surface area contributed by atoms with Crippen LogP contribution < -0.4 is 19.9 Å². The molecule has 0 aromatic heterocycles. The molecule has 2 aromatic rings. The summed E-state index contributed by atoms with van der Waals surface area (Å²) >= 11 is 0. The van der Waals surface area contributed by atoms with Crippen molar-refractivity contribution in [3.63, 3.8) is 0 Å². The highest BCUT2D eigenvalue weighted by Crippen LogP contribution is 2.48. The van der Waals surface area contributed by atoms with Gasteiger partial charge in [-0.2, -0.15) is 0 Å². The Morgan fingerprint density at radius 2 is 1.96 bits per heavy atom. The van der Waals surface area contributed by atoms with E-state index in [-0.39, 0.29) is 0 Å². The standard InChI is InChI=1S/C21H25NO5/c1-5-25-14-8-6-13(7-9-14)15-10-18-16(11-17(15)24-4)19(27-20(22)23)21(2,3)12-26-18/h6-11,19H,5,12H2,1-4H3,(H2,22,23). The maximum atomic E-state index is 11.4. The third-order valence-electron chi connectivity index (χ3n) is 4.63. The van der Waals surface area contributed by atoms with Gasteiger partial charge in [-0.1, -0.05) is 26.0 Å². The zero-order chi connectivity index (χ0) is 19.6. The molecule has 0 bridgehead atoms. The number of benzene rings is 2. The molecule has 2 N–H and O–H groups in total. The third kappa shape index (κ3) is 3.79. The summed E-state index contributed by atoms with van der Waals surface area (Å²) in [5, 5.41) is 0. The number of methoxy groups -OCH3 is 1. The Morgan fingerprint density at radius 3 is 2.56 bits per heavy atom. The van der Waals surface area contributed by atoms with Crippen LogP contribution in [0, 0.1) is 5.41 Å². The van der Waals surface area contributed by atoms with Crippen LogP contribution in [-0.2, 0) is 4.74 Å². The largest absolute Gasteiger partial charge is 0.496 e. The van der Waals surface area contributed by atoms with Crippen LogP contribution in [0.25, 0.3) is 11.1 Å². The van der Waals surface area contributed by atoms with Gasteiger partial charge in [-0.05, 0) is 36.8 Å². The molecule has 144 valence electrons.